The summed E-state index contributed by atoms with van der Waals surface area (Å²) in [6.45, 7) is 2.87. The van der Waals surface area contributed by atoms with Crippen molar-refractivity contribution in [2.75, 3.05) is 26.7 Å². The number of nitrogens with two attached hydrogens (primary N) is 1. The van der Waals surface area contributed by atoms with E-state index in [1.54, 1.807) is 0 Å². The van der Waals surface area contributed by atoms with Gasteiger partial charge in [0.05, 0.1) is 13.5 Å². The van der Waals surface area contributed by atoms with E-state index >= 15 is 0 Å². The molecule has 0 aromatic heterocycles. The highest BCUT2D eigenvalue weighted by molar-refractivity contribution is 5.69. The summed E-state index contributed by atoms with van der Waals surface area (Å²) in [5.41, 5.74) is 6.79. The van der Waals surface area contributed by atoms with E-state index in [2.05, 4.69) is 21.8 Å². The van der Waals surface area contributed by atoms with Crippen LogP contribution in [0.4, 0.5) is 0 Å². The zero-order valence-electron chi connectivity index (χ0n) is 10.3. The van der Waals surface area contributed by atoms with Crippen molar-refractivity contribution in [1.29, 1.82) is 0 Å². The van der Waals surface area contributed by atoms with Gasteiger partial charge in [0.15, 0.2) is 0 Å². The van der Waals surface area contributed by atoms with Crippen molar-refractivity contribution in [1.82, 2.24) is 4.90 Å². The second-order valence-corrected chi connectivity index (χ2v) is 3.88. The molecule has 94 valence electrons. The molecular weight excluding hydrogens is 216 g/mol. The van der Waals surface area contributed by atoms with Gasteiger partial charge < -0.3 is 10.5 Å². The lowest BCUT2D eigenvalue weighted by Gasteiger charge is -2.20. The van der Waals surface area contributed by atoms with Gasteiger partial charge in [-0.3, -0.25) is 9.69 Å². The molecule has 0 fully saturated rings. The average Bonchev–Trinajstić information content (AvgIpc) is 2.37. The molecule has 1 aromatic rings. The first-order chi connectivity index (χ1) is 8.26. The molecule has 0 aliphatic rings. The van der Waals surface area contributed by atoms with Crippen LogP contribution in [0.2, 0.25) is 0 Å². The summed E-state index contributed by atoms with van der Waals surface area (Å²) in [6, 6.07) is 10.2. The van der Waals surface area contributed by atoms with Gasteiger partial charge in [0.1, 0.15) is 0 Å². The van der Waals surface area contributed by atoms with Crippen LogP contribution in [-0.4, -0.2) is 37.6 Å². The molecule has 0 radical (unpaired) electrons. The molecule has 17 heavy (non-hydrogen) atoms. The van der Waals surface area contributed by atoms with Gasteiger partial charge in [-0.05, 0) is 5.56 Å². The van der Waals surface area contributed by atoms with Crippen LogP contribution in [0.25, 0.3) is 0 Å². The molecule has 2 N–H and O–H groups in total. The fraction of sp³-hybridized carbons (Fsp3) is 0.462. The normalized spacial score (nSPS) is 10.5. The number of esters is 1. The third-order valence-electron chi connectivity index (χ3n) is 2.55. The number of nitrogens with zero attached hydrogens (tertiary/aromatic N) is 1. The molecule has 0 atom stereocenters. The topological polar surface area (TPSA) is 55.6 Å². The first-order valence-corrected chi connectivity index (χ1v) is 5.79. The minimum atomic E-state index is -0.180. The van der Waals surface area contributed by atoms with Crippen molar-refractivity contribution in [3.05, 3.63) is 35.9 Å². The molecule has 4 nitrogen and oxygen atoms in total. The van der Waals surface area contributed by atoms with Gasteiger partial charge in [-0.25, -0.2) is 0 Å². The Bertz CT molecular complexity index is 327. The Morgan fingerprint density at radius 3 is 2.59 bits per heavy atom. The number of benzene rings is 1. The van der Waals surface area contributed by atoms with Gasteiger partial charge in [-0.15, -0.1) is 0 Å². The molecule has 0 unspecified atom stereocenters. The maximum Gasteiger partial charge on any atom is 0.306 e. The van der Waals surface area contributed by atoms with E-state index < -0.39 is 0 Å². The van der Waals surface area contributed by atoms with E-state index in [0.29, 0.717) is 19.5 Å². The molecule has 0 spiro atoms. The van der Waals surface area contributed by atoms with Crippen LogP contribution in [-0.2, 0) is 16.1 Å². The van der Waals surface area contributed by atoms with E-state index in [0.717, 1.165) is 13.1 Å². The molecule has 0 amide bonds. The summed E-state index contributed by atoms with van der Waals surface area (Å²) >= 11 is 0. The predicted octanol–water partition coefficient (Wildman–Crippen LogP) is 1.01. The molecule has 0 bridgehead atoms. The third kappa shape index (κ3) is 5.47. The number of rotatable bonds is 7. The standard InChI is InChI=1S/C13H20N2O2/c1-17-13(16)7-9-15(10-8-14)11-12-5-3-2-4-6-12/h2-6H,7-11,14H2,1H3. The summed E-state index contributed by atoms with van der Waals surface area (Å²) in [5, 5.41) is 0. The van der Waals surface area contributed by atoms with E-state index in [9.17, 15) is 4.79 Å². The van der Waals surface area contributed by atoms with Gasteiger partial charge in [0, 0.05) is 26.2 Å². The highest BCUT2D eigenvalue weighted by atomic mass is 16.5. The summed E-state index contributed by atoms with van der Waals surface area (Å²) in [4.78, 5) is 13.3. The van der Waals surface area contributed by atoms with E-state index in [1.165, 1.54) is 12.7 Å². The van der Waals surface area contributed by atoms with Crippen molar-refractivity contribution in [3.8, 4) is 0 Å². The van der Waals surface area contributed by atoms with Crippen molar-refractivity contribution < 1.29 is 9.53 Å². The van der Waals surface area contributed by atoms with Gasteiger partial charge in [0.25, 0.3) is 0 Å². The minimum absolute atomic E-state index is 0.180. The Morgan fingerprint density at radius 1 is 1.29 bits per heavy atom. The maximum atomic E-state index is 11.1. The third-order valence-corrected chi connectivity index (χ3v) is 2.55. The number of carbonyl (C=O) groups excluding carboxylic acids is 1. The van der Waals surface area contributed by atoms with Crippen molar-refractivity contribution in [2.24, 2.45) is 5.73 Å². The molecular formula is C13H20N2O2. The van der Waals surface area contributed by atoms with Crippen molar-refractivity contribution in [3.63, 3.8) is 0 Å². The van der Waals surface area contributed by atoms with Gasteiger partial charge in [0.2, 0.25) is 0 Å². The average molecular weight is 236 g/mol. The Labute approximate surface area is 102 Å². The number of hydrogen-bond acceptors (Lipinski definition) is 4. The van der Waals surface area contributed by atoms with Crippen LogP contribution in [0.15, 0.2) is 30.3 Å². The Balaban J connectivity index is 2.45. The first kappa shape index (κ1) is 13.7. The number of hydrogen-bond donors (Lipinski definition) is 1. The molecule has 1 aromatic carbocycles. The number of methoxy groups -OCH3 is 1. The second kappa shape index (κ2) is 7.81. The molecule has 0 heterocycles. The quantitative estimate of drug-likeness (QED) is 0.718. The monoisotopic (exact) mass is 236 g/mol. The van der Waals surface area contributed by atoms with Gasteiger partial charge >= 0.3 is 5.97 Å². The Morgan fingerprint density at radius 2 is 2.00 bits per heavy atom. The molecule has 0 saturated heterocycles. The zero-order valence-corrected chi connectivity index (χ0v) is 10.3. The lowest BCUT2D eigenvalue weighted by atomic mass is 10.2. The van der Waals surface area contributed by atoms with Crippen LogP contribution in [0.3, 0.4) is 0 Å². The zero-order chi connectivity index (χ0) is 12.5. The summed E-state index contributed by atoms with van der Waals surface area (Å²) < 4.78 is 4.63. The van der Waals surface area contributed by atoms with Crippen LogP contribution < -0.4 is 5.73 Å². The molecule has 1 rings (SSSR count). The minimum Gasteiger partial charge on any atom is -0.469 e. The van der Waals surface area contributed by atoms with E-state index in [1.807, 2.05) is 18.2 Å². The fourth-order valence-corrected chi connectivity index (χ4v) is 1.65. The molecule has 0 aliphatic carbocycles. The summed E-state index contributed by atoms with van der Waals surface area (Å²) in [6.07, 6.45) is 0.406. The van der Waals surface area contributed by atoms with Gasteiger partial charge in [-0.2, -0.15) is 0 Å². The summed E-state index contributed by atoms with van der Waals surface area (Å²) in [5.74, 6) is -0.180. The molecule has 4 heteroatoms. The summed E-state index contributed by atoms with van der Waals surface area (Å²) in [7, 11) is 1.41. The first-order valence-electron chi connectivity index (χ1n) is 5.79. The largest absolute Gasteiger partial charge is 0.469 e. The predicted molar refractivity (Wildman–Crippen MR) is 67.4 cm³/mol. The highest BCUT2D eigenvalue weighted by Crippen LogP contribution is 2.04. The van der Waals surface area contributed by atoms with E-state index in [4.69, 9.17) is 5.73 Å². The Hall–Kier alpha value is -1.39. The van der Waals surface area contributed by atoms with Crippen LogP contribution in [0.1, 0.15) is 12.0 Å². The smallest absolute Gasteiger partial charge is 0.306 e. The molecule has 0 saturated carbocycles. The lowest BCUT2D eigenvalue weighted by Crippen LogP contribution is -2.31. The number of ether oxygens (including phenoxy) is 1. The van der Waals surface area contributed by atoms with E-state index in [-0.39, 0.29) is 5.97 Å². The second-order valence-electron chi connectivity index (χ2n) is 3.88. The van der Waals surface area contributed by atoms with Crippen LogP contribution in [0.5, 0.6) is 0 Å². The van der Waals surface area contributed by atoms with Crippen LogP contribution >= 0.6 is 0 Å². The highest BCUT2D eigenvalue weighted by Gasteiger charge is 2.08. The lowest BCUT2D eigenvalue weighted by molar-refractivity contribution is -0.141. The number of carbonyl (C=O) groups is 1. The fourth-order valence-electron chi connectivity index (χ4n) is 1.65. The van der Waals surface area contributed by atoms with Crippen molar-refractivity contribution in [2.45, 2.75) is 13.0 Å². The SMILES string of the molecule is COC(=O)CCN(CCN)Cc1ccccc1. The van der Waals surface area contributed by atoms with Crippen molar-refractivity contribution >= 4 is 5.97 Å². The molecule has 0 aliphatic heterocycles. The maximum absolute atomic E-state index is 11.1. The Kier molecular flexibility index (Phi) is 6.29. The van der Waals surface area contributed by atoms with Gasteiger partial charge in [-0.1, -0.05) is 30.3 Å². The van der Waals surface area contributed by atoms with Crippen LogP contribution in [0, 0.1) is 0 Å².